The summed E-state index contributed by atoms with van der Waals surface area (Å²) in [5.74, 6) is 1.34. The normalized spacial score (nSPS) is 10.6. The molecular weight excluding hydrogens is 326 g/mol. The van der Waals surface area contributed by atoms with Crippen molar-refractivity contribution in [3.05, 3.63) is 70.3 Å². The van der Waals surface area contributed by atoms with Gasteiger partial charge in [0.25, 0.3) is 5.56 Å². The molecule has 2 aromatic heterocycles. The van der Waals surface area contributed by atoms with E-state index in [2.05, 4.69) is 44.3 Å². The lowest BCUT2D eigenvalue weighted by Crippen LogP contribution is -2.24. The number of anilines is 2. The molecule has 0 aliphatic carbocycles. The van der Waals surface area contributed by atoms with Crippen LogP contribution in [0.5, 0.6) is 0 Å². The first kappa shape index (κ1) is 17.7. The van der Waals surface area contributed by atoms with Crippen molar-refractivity contribution in [3.63, 3.8) is 0 Å². The van der Waals surface area contributed by atoms with E-state index in [4.69, 9.17) is 0 Å². The van der Waals surface area contributed by atoms with Crippen LogP contribution < -0.4 is 15.8 Å². The summed E-state index contributed by atoms with van der Waals surface area (Å²) >= 11 is 0. The summed E-state index contributed by atoms with van der Waals surface area (Å²) in [6.07, 6.45) is 1.72. The van der Waals surface area contributed by atoms with Gasteiger partial charge in [0, 0.05) is 48.8 Å². The Morgan fingerprint density at radius 1 is 1.12 bits per heavy atom. The number of rotatable bonds is 6. The van der Waals surface area contributed by atoms with Gasteiger partial charge in [-0.15, -0.1) is 0 Å². The maximum Gasteiger partial charge on any atom is 0.254 e. The second-order valence-electron chi connectivity index (χ2n) is 6.24. The van der Waals surface area contributed by atoms with Crippen molar-refractivity contribution in [1.82, 2.24) is 15.0 Å². The summed E-state index contributed by atoms with van der Waals surface area (Å²) in [5, 5.41) is 3.31. The molecule has 0 saturated heterocycles. The van der Waals surface area contributed by atoms with Gasteiger partial charge in [-0.3, -0.25) is 4.79 Å². The van der Waals surface area contributed by atoms with E-state index in [1.165, 1.54) is 5.69 Å². The fourth-order valence-electron chi connectivity index (χ4n) is 2.58. The molecule has 0 bridgehead atoms. The second kappa shape index (κ2) is 7.82. The molecule has 6 nitrogen and oxygen atoms in total. The summed E-state index contributed by atoms with van der Waals surface area (Å²) in [7, 11) is 2.06. The van der Waals surface area contributed by atoms with Gasteiger partial charge in [-0.05, 0) is 38.1 Å². The molecule has 3 rings (SSSR count). The lowest BCUT2D eigenvalue weighted by Gasteiger charge is -2.19. The van der Waals surface area contributed by atoms with Gasteiger partial charge in [-0.2, -0.15) is 0 Å². The minimum absolute atomic E-state index is 0.112. The summed E-state index contributed by atoms with van der Waals surface area (Å²) in [4.78, 5) is 25.7. The molecule has 2 N–H and O–H groups in total. The number of para-hydroxylation sites is 1. The molecule has 3 aromatic rings. The number of H-pyrrole nitrogens is 1. The molecule has 0 amide bonds. The van der Waals surface area contributed by atoms with Gasteiger partial charge < -0.3 is 15.2 Å². The van der Waals surface area contributed by atoms with Crippen LogP contribution in [0.2, 0.25) is 0 Å². The predicted molar refractivity (Wildman–Crippen MR) is 106 cm³/mol. The van der Waals surface area contributed by atoms with E-state index in [-0.39, 0.29) is 5.56 Å². The third kappa shape index (κ3) is 4.08. The highest BCUT2D eigenvalue weighted by Gasteiger charge is 2.06. The fourth-order valence-corrected chi connectivity index (χ4v) is 2.58. The molecule has 134 valence electrons. The Labute approximate surface area is 153 Å². The molecule has 0 spiro atoms. The smallest absolute Gasteiger partial charge is 0.254 e. The van der Waals surface area contributed by atoms with Crippen molar-refractivity contribution in [2.24, 2.45) is 0 Å². The Morgan fingerprint density at radius 3 is 2.54 bits per heavy atom. The van der Waals surface area contributed by atoms with Crippen molar-refractivity contribution >= 4 is 11.5 Å². The van der Waals surface area contributed by atoms with Crippen LogP contribution in [0.25, 0.3) is 11.4 Å². The molecule has 26 heavy (non-hydrogen) atoms. The average Bonchev–Trinajstić information content (AvgIpc) is 2.67. The van der Waals surface area contributed by atoms with E-state index >= 15 is 0 Å². The SMILES string of the molecule is Cc1nc(-c2ccc(NCCN(C)c3ccccc3)nc2)[nH]c(=O)c1C. The van der Waals surface area contributed by atoms with Crippen LogP contribution in [0.4, 0.5) is 11.5 Å². The summed E-state index contributed by atoms with van der Waals surface area (Å²) in [6.45, 7) is 5.24. The maximum absolute atomic E-state index is 11.9. The molecule has 0 aliphatic heterocycles. The highest BCUT2D eigenvalue weighted by molar-refractivity contribution is 5.56. The van der Waals surface area contributed by atoms with Crippen LogP contribution in [-0.2, 0) is 0 Å². The third-order valence-electron chi connectivity index (χ3n) is 4.38. The van der Waals surface area contributed by atoms with Crippen LogP contribution in [0, 0.1) is 13.8 Å². The van der Waals surface area contributed by atoms with Gasteiger partial charge in [-0.25, -0.2) is 9.97 Å². The van der Waals surface area contributed by atoms with Crippen LogP contribution >= 0.6 is 0 Å². The molecule has 0 radical (unpaired) electrons. The van der Waals surface area contributed by atoms with E-state index in [1.54, 1.807) is 13.1 Å². The van der Waals surface area contributed by atoms with Crippen molar-refractivity contribution in [1.29, 1.82) is 0 Å². The standard InChI is InChI=1S/C20H23N5O/c1-14-15(2)23-19(24-20(14)26)16-9-10-18(22-13-16)21-11-12-25(3)17-7-5-4-6-8-17/h4-10,13H,11-12H2,1-3H3,(H,21,22)(H,23,24,26). The van der Waals surface area contributed by atoms with E-state index in [9.17, 15) is 4.79 Å². The number of aryl methyl sites for hydroxylation is 1. The molecule has 0 saturated carbocycles. The number of pyridine rings is 1. The zero-order valence-corrected chi connectivity index (χ0v) is 15.3. The van der Waals surface area contributed by atoms with Crippen LogP contribution in [0.1, 0.15) is 11.3 Å². The summed E-state index contributed by atoms with van der Waals surface area (Å²) in [6, 6.07) is 14.1. The minimum Gasteiger partial charge on any atom is -0.373 e. The Hall–Kier alpha value is -3.15. The van der Waals surface area contributed by atoms with E-state index < -0.39 is 0 Å². The number of benzene rings is 1. The van der Waals surface area contributed by atoms with Gasteiger partial charge >= 0.3 is 0 Å². The molecule has 2 heterocycles. The van der Waals surface area contributed by atoms with Gasteiger partial charge in [0.1, 0.15) is 11.6 Å². The average molecular weight is 349 g/mol. The molecule has 0 fully saturated rings. The molecule has 0 atom stereocenters. The number of hydrogen-bond donors (Lipinski definition) is 2. The van der Waals surface area contributed by atoms with Gasteiger partial charge in [0.2, 0.25) is 0 Å². The van der Waals surface area contributed by atoms with Crippen molar-refractivity contribution in [2.75, 3.05) is 30.4 Å². The Morgan fingerprint density at radius 2 is 1.88 bits per heavy atom. The zero-order chi connectivity index (χ0) is 18.5. The van der Waals surface area contributed by atoms with Gasteiger partial charge in [0.15, 0.2) is 0 Å². The quantitative estimate of drug-likeness (QED) is 0.716. The topological polar surface area (TPSA) is 73.9 Å². The van der Waals surface area contributed by atoms with Crippen molar-refractivity contribution in [3.8, 4) is 11.4 Å². The van der Waals surface area contributed by atoms with E-state index in [1.807, 2.05) is 37.3 Å². The minimum atomic E-state index is -0.112. The van der Waals surface area contributed by atoms with Crippen LogP contribution in [-0.4, -0.2) is 35.1 Å². The van der Waals surface area contributed by atoms with E-state index in [0.29, 0.717) is 11.4 Å². The highest BCUT2D eigenvalue weighted by atomic mass is 16.1. The summed E-state index contributed by atoms with van der Waals surface area (Å²) in [5.41, 5.74) is 3.23. The fraction of sp³-hybridized carbons (Fsp3) is 0.250. The van der Waals surface area contributed by atoms with Gasteiger partial charge in [-0.1, -0.05) is 18.2 Å². The first-order chi connectivity index (χ1) is 12.5. The van der Waals surface area contributed by atoms with E-state index in [0.717, 1.165) is 30.2 Å². The molecule has 0 unspecified atom stereocenters. The van der Waals surface area contributed by atoms with Crippen molar-refractivity contribution in [2.45, 2.75) is 13.8 Å². The van der Waals surface area contributed by atoms with Crippen LogP contribution in [0.3, 0.4) is 0 Å². The predicted octanol–water partition coefficient (Wildman–Crippen LogP) is 3.00. The molecule has 0 aliphatic rings. The monoisotopic (exact) mass is 349 g/mol. The lowest BCUT2D eigenvalue weighted by molar-refractivity contribution is 0.910. The third-order valence-corrected chi connectivity index (χ3v) is 4.38. The zero-order valence-electron chi connectivity index (χ0n) is 15.3. The Balaban J connectivity index is 1.61. The Kier molecular flexibility index (Phi) is 5.31. The summed E-state index contributed by atoms with van der Waals surface area (Å²) < 4.78 is 0. The molecule has 6 heteroatoms. The maximum atomic E-state index is 11.9. The highest BCUT2D eigenvalue weighted by Crippen LogP contribution is 2.15. The number of nitrogens with one attached hydrogen (secondary N) is 2. The second-order valence-corrected chi connectivity index (χ2v) is 6.24. The number of hydrogen-bond acceptors (Lipinski definition) is 5. The van der Waals surface area contributed by atoms with Gasteiger partial charge in [0.05, 0.1) is 0 Å². The first-order valence-corrected chi connectivity index (χ1v) is 8.58. The number of likely N-dealkylation sites (N-methyl/N-ethyl adjacent to an activating group) is 1. The number of aromatic amines is 1. The molecule has 1 aromatic carbocycles. The molecular formula is C20H23N5O. The first-order valence-electron chi connectivity index (χ1n) is 8.58. The largest absolute Gasteiger partial charge is 0.373 e. The van der Waals surface area contributed by atoms with Crippen molar-refractivity contribution < 1.29 is 0 Å². The van der Waals surface area contributed by atoms with Crippen LogP contribution in [0.15, 0.2) is 53.5 Å². The number of nitrogens with zero attached hydrogens (tertiary/aromatic N) is 3. The Bertz CT molecular complexity index is 919. The lowest BCUT2D eigenvalue weighted by atomic mass is 10.2. The number of aromatic nitrogens is 3.